The zero-order valence-corrected chi connectivity index (χ0v) is 12.2. The van der Waals surface area contributed by atoms with Crippen LogP contribution in [0.5, 0.6) is 0 Å². The molecule has 0 aliphatic carbocycles. The highest BCUT2D eigenvalue weighted by Gasteiger charge is 2.25. The number of hydrogen-bond acceptors (Lipinski definition) is 2. The molecule has 112 valence electrons. The Hall–Kier alpha value is -2.35. The molecule has 0 aliphatic heterocycles. The van der Waals surface area contributed by atoms with Crippen molar-refractivity contribution in [2.24, 2.45) is 0 Å². The zero-order chi connectivity index (χ0) is 15.9. The van der Waals surface area contributed by atoms with Gasteiger partial charge < -0.3 is 10.6 Å². The Morgan fingerprint density at radius 2 is 1.90 bits per heavy atom. The van der Waals surface area contributed by atoms with Crippen molar-refractivity contribution in [3.63, 3.8) is 0 Å². The maximum absolute atomic E-state index is 13.4. The summed E-state index contributed by atoms with van der Waals surface area (Å²) < 4.78 is 13.4. The van der Waals surface area contributed by atoms with E-state index in [0.29, 0.717) is 12.8 Å². The molecule has 0 atom stereocenters. The summed E-state index contributed by atoms with van der Waals surface area (Å²) in [5.74, 6) is 0.902. The van der Waals surface area contributed by atoms with Crippen molar-refractivity contribution >= 4 is 11.8 Å². The SMILES string of the molecule is C#CC(CC)(CC)NC(=O)CNC(=O)c1ccccc1F. The van der Waals surface area contributed by atoms with E-state index in [2.05, 4.69) is 16.6 Å². The lowest BCUT2D eigenvalue weighted by atomic mass is 9.94. The number of carbonyl (C=O) groups is 2. The van der Waals surface area contributed by atoms with E-state index >= 15 is 0 Å². The molecule has 21 heavy (non-hydrogen) atoms. The van der Waals surface area contributed by atoms with Crippen molar-refractivity contribution in [3.05, 3.63) is 35.6 Å². The van der Waals surface area contributed by atoms with Gasteiger partial charge in [-0.1, -0.05) is 31.9 Å². The molecule has 0 fully saturated rings. The third kappa shape index (κ3) is 4.32. The van der Waals surface area contributed by atoms with Crippen LogP contribution in [-0.2, 0) is 4.79 Å². The van der Waals surface area contributed by atoms with Gasteiger partial charge in [0.25, 0.3) is 5.91 Å². The van der Waals surface area contributed by atoms with Gasteiger partial charge in [-0.15, -0.1) is 6.42 Å². The van der Waals surface area contributed by atoms with Crippen LogP contribution in [0, 0.1) is 18.2 Å². The van der Waals surface area contributed by atoms with Crippen LogP contribution in [0.3, 0.4) is 0 Å². The average Bonchev–Trinajstić information content (AvgIpc) is 2.51. The summed E-state index contributed by atoms with van der Waals surface area (Å²) in [6.45, 7) is 3.50. The molecule has 1 aromatic carbocycles. The van der Waals surface area contributed by atoms with E-state index in [1.807, 2.05) is 13.8 Å². The maximum Gasteiger partial charge on any atom is 0.254 e. The lowest BCUT2D eigenvalue weighted by Crippen LogP contribution is -2.50. The third-order valence-electron chi connectivity index (χ3n) is 3.39. The Labute approximate surface area is 124 Å². The van der Waals surface area contributed by atoms with E-state index < -0.39 is 23.2 Å². The molecule has 0 heterocycles. The number of carbonyl (C=O) groups excluding carboxylic acids is 2. The monoisotopic (exact) mass is 290 g/mol. The normalized spacial score (nSPS) is 10.6. The van der Waals surface area contributed by atoms with Crippen LogP contribution in [0.25, 0.3) is 0 Å². The maximum atomic E-state index is 13.4. The van der Waals surface area contributed by atoms with Crippen molar-refractivity contribution in [2.45, 2.75) is 32.2 Å². The molecule has 1 aromatic rings. The van der Waals surface area contributed by atoms with Crippen LogP contribution in [0.1, 0.15) is 37.0 Å². The highest BCUT2D eigenvalue weighted by molar-refractivity contribution is 5.96. The molecule has 2 N–H and O–H groups in total. The second-order valence-corrected chi connectivity index (χ2v) is 4.64. The summed E-state index contributed by atoms with van der Waals surface area (Å²) in [5, 5.41) is 5.09. The summed E-state index contributed by atoms with van der Waals surface area (Å²) in [6, 6.07) is 5.58. The number of nitrogens with one attached hydrogen (secondary N) is 2. The number of amides is 2. The largest absolute Gasteiger partial charge is 0.343 e. The molecular formula is C16H19FN2O2. The Bertz CT molecular complexity index is 560. The van der Waals surface area contributed by atoms with Crippen molar-refractivity contribution < 1.29 is 14.0 Å². The Morgan fingerprint density at radius 1 is 1.29 bits per heavy atom. The number of halogens is 1. The number of rotatable bonds is 6. The molecule has 0 aliphatic rings. The highest BCUT2D eigenvalue weighted by atomic mass is 19.1. The van der Waals surface area contributed by atoms with E-state index in [1.165, 1.54) is 18.2 Å². The number of terminal acetylenes is 1. The molecular weight excluding hydrogens is 271 g/mol. The number of hydrogen-bond donors (Lipinski definition) is 2. The minimum atomic E-state index is -0.709. The first-order valence-electron chi connectivity index (χ1n) is 6.79. The fourth-order valence-corrected chi connectivity index (χ4v) is 1.88. The smallest absolute Gasteiger partial charge is 0.254 e. The fraction of sp³-hybridized carbons (Fsp3) is 0.375. The first kappa shape index (κ1) is 16.7. The van der Waals surface area contributed by atoms with Gasteiger partial charge >= 0.3 is 0 Å². The Kier molecular flexibility index (Phi) is 5.92. The Morgan fingerprint density at radius 3 is 2.43 bits per heavy atom. The molecule has 0 spiro atoms. The van der Waals surface area contributed by atoms with Gasteiger partial charge in [0.1, 0.15) is 11.4 Å². The van der Waals surface area contributed by atoms with Gasteiger partial charge in [0, 0.05) is 0 Å². The van der Waals surface area contributed by atoms with E-state index in [4.69, 9.17) is 6.42 Å². The van der Waals surface area contributed by atoms with Crippen molar-refractivity contribution in [3.8, 4) is 12.3 Å². The van der Waals surface area contributed by atoms with Crippen molar-refractivity contribution in [1.82, 2.24) is 10.6 Å². The Balaban J connectivity index is 2.60. The third-order valence-corrected chi connectivity index (χ3v) is 3.39. The highest BCUT2D eigenvalue weighted by Crippen LogP contribution is 2.13. The first-order valence-corrected chi connectivity index (χ1v) is 6.79. The van der Waals surface area contributed by atoms with Gasteiger partial charge in [-0.2, -0.15) is 0 Å². The van der Waals surface area contributed by atoms with E-state index in [1.54, 1.807) is 6.07 Å². The van der Waals surface area contributed by atoms with E-state index in [-0.39, 0.29) is 12.1 Å². The quantitative estimate of drug-likeness (QED) is 0.786. The van der Waals surface area contributed by atoms with Crippen molar-refractivity contribution in [1.29, 1.82) is 0 Å². The summed E-state index contributed by atoms with van der Waals surface area (Å²) in [5.41, 5.74) is -0.806. The molecule has 2 amide bonds. The lowest BCUT2D eigenvalue weighted by Gasteiger charge is -2.27. The number of benzene rings is 1. The minimum absolute atomic E-state index is 0.0977. The van der Waals surface area contributed by atoms with Crippen LogP contribution < -0.4 is 10.6 Å². The summed E-state index contributed by atoms with van der Waals surface area (Å²) in [4.78, 5) is 23.6. The molecule has 0 unspecified atom stereocenters. The van der Waals surface area contributed by atoms with Crippen molar-refractivity contribution in [2.75, 3.05) is 6.54 Å². The molecule has 5 heteroatoms. The summed E-state index contributed by atoms with van der Waals surface area (Å²) in [6.07, 6.45) is 6.62. The van der Waals surface area contributed by atoms with Crippen LogP contribution in [0.2, 0.25) is 0 Å². The average molecular weight is 290 g/mol. The molecule has 4 nitrogen and oxygen atoms in total. The molecule has 0 saturated carbocycles. The minimum Gasteiger partial charge on any atom is -0.343 e. The summed E-state index contributed by atoms with van der Waals surface area (Å²) in [7, 11) is 0. The van der Waals surface area contributed by atoms with E-state index in [9.17, 15) is 14.0 Å². The first-order chi connectivity index (χ1) is 9.98. The standard InChI is InChI=1S/C16H19FN2O2/c1-4-16(5-2,6-3)19-14(20)11-18-15(21)12-9-7-8-10-13(12)17/h1,7-10H,5-6,11H2,2-3H3,(H,18,21)(H,19,20). The van der Waals surface area contributed by atoms with Crippen LogP contribution >= 0.6 is 0 Å². The molecule has 0 saturated heterocycles. The lowest BCUT2D eigenvalue weighted by molar-refractivity contribution is -0.121. The predicted molar refractivity (Wildman–Crippen MR) is 79.0 cm³/mol. The topological polar surface area (TPSA) is 58.2 Å². The molecule has 0 radical (unpaired) electrons. The fourth-order valence-electron chi connectivity index (χ4n) is 1.88. The van der Waals surface area contributed by atoms with Gasteiger partial charge in [-0.3, -0.25) is 9.59 Å². The molecule has 1 rings (SSSR count). The van der Waals surface area contributed by atoms with Crippen LogP contribution in [-0.4, -0.2) is 23.9 Å². The van der Waals surface area contributed by atoms with Gasteiger partial charge in [0.15, 0.2) is 0 Å². The molecule has 0 bridgehead atoms. The summed E-state index contributed by atoms with van der Waals surface area (Å²) >= 11 is 0. The van der Waals surface area contributed by atoms with Crippen LogP contribution in [0.15, 0.2) is 24.3 Å². The van der Waals surface area contributed by atoms with Gasteiger partial charge in [0.2, 0.25) is 5.91 Å². The van der Waals surface area contributed by atoms with Gasteiger partial charge in [-0.25, -0.2) is 4.39 Å². The van der Waals surface area contributed by atoms with Gasteiger partial charge in [-0.05, 0) is 25.0 Å². The second-order valence-electron chi connectivity index (χ2n) is 4.64. The van der Waals surface area contributed by atoms with Gasteiger partial charge in [0.05, 0.1) is 12.1 Å². The second kappa shape index (κ2) is 7.44. The van der Waals surface area contributed by atoms with Crippen LogP contribution in [0.4, 0.5) is 4.39 Å². The zero-order valence-electron chi connectivity index (χ0n) is 12.2. The molecule has 0 aromatic heterocycles. The van der Waals surface area contributed by atoms with E-state index in [0.717, 1.165) is 0 Å². The predicted octanol–water partition coefficient (Wildman–Crippen LogP) is 1.86.